The number of rotatable bonds is 2. The quantitative estimate of drug-likeness (QED) is 0.868. The molecule has 102 valence electrons. The van der Waals surface area contributed by atoms with E-state index in [0.29, 0.717) is 10.0 Å². The fraction of sp³-hybridized carbons (Fsp3) is 0.333. The van der Waals surface area contributed by atoms with Crippen molar-refractivity contribution in [2.75, 3.05) is 0 Å². The van der Waals surface area contributed by atoms with Gasteiger partial charge in [-0.3, -0.25) is 0 Å². The summed E-state index contributed by atoms with van der Waals surface area (Å²) in [6, 6.07) is 4.89. The highest BCUT2D eigenvalue weighted by molar-refractivity contribution is 9.10. The Bertz CT molecular complexity index is 567. The normalized spacial score (nSPS) is 18.0. The fourth-order valence-electron chi connectivity index (χ4n) is 1.92. The molecule has 4 N–H and O–H groups in total. The lowest BCUT2D eigenvalue weighted by molar-refractivity contribution is 0.208. The van der Waals surface area contributed by atoms with Crippen LogP contribution in [-0.4, -0.2) is 22.5 Å². The fourth-order valence-corrected chi connectivity index (χ4v) is 2.25. The van der Waals surface area contributed by atoms with Crippen LogP contribution in [-0.2, 0) is 6.54 Å². The first kappa shape index (κ1) is 13.8. The molecule has 1 heterocycles. The maximum Gasteiger partial charge on any atom is 0.220 e. The van der Waals surface area contributed by atoms with Crippen LogP contribution in [0.2, 0.25) is 0 Å². The maximum atomic E-state index is 13.9. The summed E-state index contributed by atoms with van der Waals surface area (Å²) < 4.78 is 14.6. The first-order valence-corrected chi connectivity index (χ1v) is 6.50. The topological polar surface area (TPSA) is 80.0 Å². The number of guanidine groups is 2. The first-order valence-electron chi connectivity index (χ1n) is 5.70. The summed E-state index contributed by atoms with van der Waals surface area (Å²) in [7, 11) is 0. The Morgan fingerprint density at radius 2 is 2.05 bits per heavy atom. The lowest BCUT2D eigenvalue weighted by Gasteiger charge is -2.38. The molecular formula is C12H15BrFN5. The van der Waals surface area contributed by atoms with Crippen LogP contribution in [0.3, 0.4) is 0 Å². The Kier molecular flexibility index (Phi) is 3.49. The Balaban J connectivity index is 2.30. The molecule has 0 saturated heterocycles. The molecule has 0 aromatic heterocycles. The SMILES string of the molecule is CC1(C)N=C(N)N=C(N)N1Cc1ccc(Br)cc1F. The van der Waals surface area contributed by atoms with E-state index in [9.17, 15) is 4.39 Å². The Labute approximate surface area is 119 Å². The van der Waals surface area contributed by atoms with Crippen molar-refractivity contribution in [1.29, 1.82) is 0 Å². The van der Waals surface area contributed by atoms with Gasteiger partial charge in [-0.1, -0.05) is 22.0 Å². The van der Waals surface area contributed by atoms with Crippen molar-refractivity contribution < 1.29 is 4.39 Å². The van der Waals surface area contributed by atoms with Gasteiger partial charge in [-0.2, -0.15) is 4.99 Å². The maximum absolute atomic E-state index is 13.9. The van der Waals surface area contributed by atoms with Crippen LogP contribution >= 0.6 is 15.9 Å². The molecular weight excluding hydrogens is 313 g/mol. The number of hydrogen-bond acceptors (Lipinski definition) is 5. The third kappa shape index (κ3) is 2.86. The van der Waals surface area contributed by atoms with Crippen molar-refractivity contribution in [1.82, 2.24) is 4.90 Å². The van der Waals surface area contributed by atoms with Gasteiger partial charge in [0.1, 0.15) is 11.5 Å². The summed E-state index contributed by atoms with van der Waals surface area (Å²) in [5.41, 5.74) is 11.3. The summed E-state index contributed by atoms with van der Waals surface area (Å²) in [5, 5.41) is 0. The van der Waals surface area contributed by atoms with E-state index in [1.54, 1.807) is 17.0 Å². The molecule has 0 fully saturated rings. The number of hydrogen-bond donors (Lipinski definition) is 2. The van der Waals surface area contributed by atoms with Gasteiger partial charge in [-0.15, -0.1) is 0 Å². The second-order valence-electron chi connectivity index (χ2n) is 4.76. The largest absolute Gasteiger partial charge is 0.369 e. The summed E-state index contributed by atoms with van der Waals surface area (Å²) in [6.07, 6.45) is 0. The Hall–Kier alpha value is -1.63. The van der Waals surface area contributed by atoms with E-state index < -0.39 is 5.66 Å². The van der Waals surface area contributed by atoms with E-state index in [2.05, 4.69) is 25.9 Å². The van der Waals surface area contributed by atoms with Gasteiger partial charge in [0.25, 0.3) is 0 Å². The van der Waals surface area contributed by atoms with Crippen molar-refractivity contribution in [3.63, 3.8) is 0 Å². The first-order chi connectivity index (χ1) is 8.79. The molecule has 19 heavy (non-hydrogen) atoms. The lowest BCUT2D eigenvalue weighted by Crippen LogP contribution is -2.53. The summed E-state index contributed by atoms with van der Waals surface area (Å²) >= 11 is 3.22. The van der Waals surface area contributed by atoms with E-state index in [1.807, 2.05) is 13.8 Å². The Morgan fingerprint density at radius 3 is 2.63 bits per heavy atom. The van der Waals surface area contributed by atoms with Crippen molar-refractivity contribution in [3.8, 4) is 0 Å². The average molecular weight is 328 g/mol. The van der Waals surface area contributed by atoms with Gasteiger partial charge in [0.15, 0.2) is 0 Å². The van der Waals surface area contributed by atoms with Crippen LogP contribution in [0.25, 0.3) is 0 Å². The van der Waals surface area contributed by atoms with Gasteiger partial charge >= 0.3 is 0 Å². The van der Waals surface area contributed by atoms with Crippen molar-refractivity contribution in [2.24, 2.45) is 21.5 Å². The van der Waals surface area contributed by atoms with E-state index in [-0.39, 0.29) is 24.3 Å². The Morgan fingerprint density at radius 1 is 1.37 bits per heavy atom. The summed E-state index contributed by atoms with van der Waals surface area (Å²) in [4.78, 5) is 9.83. The monoisotopic (exact) mass is 327 g/mol. The predicted molar refractivity (Wildman–Crippen MR) is 77.0 cm³/mol. The number of nitrogens with zero attached hydrogens (tertiary/aromatic N) is 3. The highest BCUT2D eigenvalue weighted by atomic mass is 79.9. The van der Waals surface area contributed by atoms with Crippen LogP contribution in [0.15, 0.2) is 32.7 Å². The zero-order valence-electron chi connectivity index (χ0n) is 10.7. The van der Waals surface area contributed by atoms with Crippen LogP contribution in [0.1, 0.15) is 19.4 Å². The van der Waals surface area contributed by atoms with Gasteiger partial charge in [0, 0.05) is 10.0 Å². The molecule has 7 heteroatoms. The van der Waals surface area contributed by atoms with Crippen LogP contribution < -0.4 is 11.5 Å². The van der Waals surface area contributed by atoms with Gasteiger partial charge in [-0.25, -0.2) is 9.38 Å². The minimum Gasteiger partial charge on any atom is -0.369 e. The molecule has 1 aliphatic heterocycles. The van der Waals surface area contributed by atoms with Crippen molar-refractivity contribution in [3.05, 3.63) is 34.1 Å². The highest BCUT2D eigenvalue weighted by Gasteiger charge is 2.32. The average Bonchev–Trinajstić information content (AvgIpc) is 2.24. The molecule has 0 amide bonds. The molecule has 0 atom stereocenters. The van der Waals surface area contributed by atoms with Crippen LogP contribution in [0.5, 0.6) is 0 Å². The minimum atomic E-state index is -0.657. The molecule has 2 rings (SSSR count). The molecule has 0 spiro atoms. The van der Waals surface area contributed by atoms with E-state index in [4.69, 9.17) is 11.5 Å². The third-order valence-electron chi connectivity index (χ3n) is 2.90. The molecule has 1 aromatic carbocycles. The zero-order chi connectivity index (χ0) is 14.2. The van der Waals surface area contributed by atoms with E-state index in [0.717, 1.165) is 0 Å². The minimum absolute atomic E-state index is 0.134. The predicted octanol–water partition coefficient (Wildman–Crippen LogP) is 1.77. The second-order valence-corrected chi connectivity index (χ2v) is 5.67. The summed E-state index contributed by atoms with van der Waals surface area (Å²) in [6.45, 7) is 3.97. The molecule has 1 aromatic rings. The molecule has 5 nitrogen and oxygen atoms in total. The molecule has 0 radical (unpaired) electrons. The molecule has 0 saturated carbocycles. The number of aliphatic imine (C=N–C) groups is 2. The zero-order valence-corrected chi connectivity index (χ0v) is 12.3. The standard InChI is InChI=1S/C12H15BrFN5/c1-12(2)18-10(15)17-11(16)19(12)6-7-3-4-8(13)5-9(7)14/h3-5H,6H2,1-2H3,(H4,15,16,17,18). The third-order valence-corrected chi connectivity index (χ3v) is 3.39. The molecule has 1 aliphatic rings. The lowest BCUT2D eigenvalue weighted by atomic mass is 10.1. The van der Waals surface area contributed by atoms with Gasteiger partial charge in [0.2, 0.25) is 11.9 Å². The number of halogens is 2. The molecule has 0 aliphatic carbocycles. The van der Waals surface area contributed by atoms with E-state index >= 15 is 0 Å². The van der Waals surface area contributed by atoms with Gasteiger partial charge in [-0.05, 0) is 26.0 Å². The summed E-state index contributed by atoms with van der Waals surface area (Å²) in [5.74, 6) is 0.0651. The van der Waals surface area contributed by atoms with Crippen LogP contribution in [0.4, 0.5) is 4.39 Å². The highest BCUT2D eigenvalue weighted by Crippen LogP contribution is 2.24. The van der Waals surface area contributed by atoms with E-state index in [1.165, 1.54) is 6.07 Å². The molecule has 0 unspecified atom stereocenters. The van der Waals surface area contributed by atoms with Crippen molar-refractivity contribution in [2.45, 2.75) is 26.1 Å². The number of benzene rings is 1. The smallest absolute Gasteiger partial charge is 0.220 e. The van der Waals surface area contributed by atoms with Crippen molar-refractivity contribution >= 4 is 27.8 Å². The van der Waals surface area contributed by atoms with Crippen LogP contribution in [0, 0.1) is 5.82 Å². The molecule has 0 bridgehead atoms. The second kappa shape index (κ2) is 4.80. The van der Waals surface area contributed by atoms with Gasteiger partial charge < -0.3 is 16.4 Å². The number of nitrogens with two attached hydrogens (primary N) is 2. The van der Waals surface area contributed by atoms with Gasteiger partial charge in [0.05, 0.1) is 6.54 Å².